The van der Waals surface area contributed by atoms with Crippen LogP contribution in [0.5, 0.6) is 0 Å². The molecule has 0 aliphatic carbocycles. The number of fused-ring (bicyclic) bond motifs is 1. The summed E-state index contributed by atoms with van der Waals surface area (Å²) in [7, 11) is 0. The lowest BCUT2D eigenvalue weighted by Crippen LogP contribution is -2.39. The molecule has 0 saturated heterocycles. The summed E-state index contributed by atoms with van der Waals surface area (Å²) in [6.45, 7) is 4.44. The van der Waals surface area contributed by atoms with E-state index >= 15 is 0 Å². The van der Waals surface area contributed by atoms with Crippen molar-refractivity contribution in [3.05, 3.63) is 31.3 Å². The summed E-state index contributed by atoms with van der Waals surface area (Å²) in [5.41, 5.74) is 4.96. The fourth-order valence-electron chi connectivity index (χ4n) is 2.63. The Morgan fingerprint density at radius 3 is 2.48 bits per heavy atom. The molecule has 0 saturated carbocycles. The number of thiophene rings is 1. The Morgan fingerprint density at radius 2 is 1.92 bits per heavy atom. The minimum absolute atomic E-state index is 0.107. The third kappa shape index (κ3) is 4.13. The minimum Gasteiger partial charge on any atom is -0.329 e. The second kappa shape index (κ2) is 7.71. The molecule has 140 valence electrons. The molecule has 0 radical (unpaired) electrons. The summed E-state index contributed by atoms with van der Waals surface area (Å²) in [6, 6.07) is 0. The van der Waals surface area contributed by atoms with Gasteiger partial charge in [-0.2, -0.15) is 13.2 Å². The maximum absolute atomic E-state index is 12.6. The molecule has 25 heavy (non-hydrogen) atoms. The Morgan fingerprint density at radius 1 is 1.24 bits per heavy atom. The normalized spacial score (nSPS) is 12.2. The van der Waals surface area contributed by atoms with Gasteiger partial charge in [0.1, 0.15) is 4.83 Å². The zero-order chi connectivity index (χ0) is 18.8. The predicted octanol–water partition coefficient (Wildman–Crippen LogP) is 1.55. The Kier molecular flexibility index (Phi) is 6.07. The summed E-state index contributed by atoms with van der Waals surface area (Å²) >= 11 is 1.18. The quantitative estimate of drug-likeness (QED) is 0.717. The third-order valence-corrected chi connectivity index (χ3v) is 5.25. The molecule has 0 fully saturated rings. The summed E-state index contributed by atoms with van der Waals surface area (Å²) < 4.78 is 39.9. The van der Waals surface area contributed by atoms with Crippen LogP contribution >= 0.6 is 11.3 Å². The van der Waals surface area contributed by atoms with Gasteiger partial charge in [-0.1, -0.05) is 0 Å². The maximum atomic E-state index is 12.6. The molecule has 3 N–H and O–H groups in total. The molecule has 0 aliphatic rings. The number of halogens is 3. The molecule has 2 rings (SSSR count). The van der Waals surface area contributed by atoms with Gasteiger partial charge < -0.3 is 11.1 Å². The Balaban J connectivity index is 2.63. The van der Waals surface area contributed by atoms with Crippen molar-refractivity contribution in [1.82, 2.24) is 14.5 Å². The van der Waals surface area contributed by atoms with E-state index in [1.807, 2.05) is 0 Å². The summed E-state index contributed by atoms with van der Waals surface area (Å²) in [6.07, 6.45) is -5.50. The van der Waals surface area contributed by atoms with Crippen LogP contribution in [-0.2, 0) is 19.6 Å². The van der Waals surface area contributed by atoms with Crippen molar-refractivity contribution >= 4 is 21.6 Å². The molecule has 0 aliphatic heterocycles. The first-order chi connectivity index (χ1) is 11.7. The first kappa shape index (κ1) is 19.7. The molecule has 0 bridgehead atoms. The molecular weight excluding hydrogens is 357 g/mol. The Bertz CT molecular complexity index is 867. The second-order valence-corrected chi connectivity index (χ2v) is 6.73. The first-order valence-electron chi connectivity index (χ1n) is 7.94. The van der Waals surface area contributed by atoms with Gasteiger partial charge in [0.2, 0.25) is 0 Å². The molecule has 0 unspecified atom stereocenters. The fourth-order valence-corrected chi connectivity index (χ4v) is 3.91. The number of nitrogens with one attached hydrogen (secondary N) is 1. The predicted molar refractivity (Wildman–Crippen MR) is 92.2 cm³/mol. The maximum Gasteiger partial charge on any atom is 0.390 e. The third-order valence-electron chi connectivity index (χ3n) is 3.93. The number of nitrogens with two attached hydrogens (primary N) is 1. The average molecular weight is 378 g/mol. The number of aromatic nitrogens is 2. The van der Waals surface area contributed by atoms with Crippen LogP contribution in [-0.4, -0.2) is 28.4 Å². The van der Waals surface area contributed by atoms with Crippen LogP contribution in [0.25, 0.3) is 10.2 Å². The van der Waals surface area contributed by atoms with E-state index in [4.69, 9.17) is 5.73 Å². The molecule has 0 spiro atoms. The summed E-state index contributed by atoms with van der Waals surface area (Å²) in [5.74, 6) is 0. The number of alkyl halides is 3. The Labute approximate surface area is 146 Å². The van der Waals surface area contributed by atoms with Crippen molar-refractivity contribution in [2.45, 2.75) is 46.1 Å². The van der Waals surface area contributed by atoms with Gasteiger partial charge in [0.25, 0.3) is 5.56 Å². The average Bonchev–Trinajstić information content (AvgIpc) is 2.84. The molecule has 2 aromatic rings. The smallest absolute Gasteiger partial charge is 0.329 e. The van der Waals surface area contributed by atoms with Crippen LogP contribution in [0.1, 0.15) is 23.8 Å². The van der Waals surface area contributed by atoms with Crippen LogP contribution in [0.4, 0.5) is 13.2 Å². The van der Waals surface area contributed by atoms with Gasteiger partial charge >= 0.3 is 11.9 Å². The van der Waals surface area contributed by atoms with E-state index in [1.54, 1.807) is 13.8 Å². The lowest BCUT2D eigenvalue weighted by atomic mass is 10.2. The van der Waals surface area contributed by atoms with Crippen molar-refractivity contribution in [2.24, 2.45) is 5.73 Å². The molecule has 0 atom stereocenters. The van der Waals surface area contributed by atoms with E-state index in [0.29, 0.717) is 35.4 Å². The van der Waals surface area contributed by atoms with Gasteiger partial charge in [-0.3, -0.25) is 13.9 Å². The van der Waals surface area contributed by atoms with Crippen molar-refractivity contribution in [1.29, 1.82) is 0 Å². The zero-order valence-corrected chi connectivity index (χ0v) is 14.9. The van der Waals surface area contributed by atoms with Crippen molar-refractivity contribution < 1.29 is 13.2 Å². The largest absolute Gasteiger partial charge is 0.390 e. The van der Waals surface area contributed by atoms with Crippen molar-refractivity contribution in [3.63, 3.8) is 0 Å². The highest BCUT2D eigenvalue weighted by Gasteiger charge is 2.28. The van der Waals surface area contributed by atoms with Gasteiger partial charge in [0.05, 0.1) is 11.8 Å². The van der Waals surface area contributed by atoms with E-state index in [9.17, 15) is 22.8 Å². The highest BCUT2D eigenvalue weighted by atomic mass is 32.1. The van der Waals surface area contributed by atoms with Gasteiger partial charge in [-0.05, 0) is 19.4 Å². The van der Waals surface area contributed by atoms with Gasteiger partial charge in [0.15, 0.2) is 0 Å². The SMILES string of the molecule is CCn1c(=O)c2c(C)c(CNCCN)sc2n(CCC(F)(F)F)c1=O. The topological polar surface area (TPSA) is 82.0 Å². The van der Waals surface area contributed by atoms with Crippen LogP contribution in [0.2, 0.25) is 0 Å². The van der Waals surface area contributed by atoms with Crippen molar-refractivity contribution in [3.8, 4) is 0 Å². The van der Waals surface area contributed by atoms with Crippen molar-refractivity contribution in [2.75, 3.05) is 13.1 Å². The number of rotatable bonds is 7. The van der Waals surface area contributed by atoms with Crippen LogP contribution < -0.4 is 22.3 Å². The molecule has 0 aromatic carbocycles. The number of hydrogen-bond acceptors (Lipinski definition) is 5. The Hall–Kier alpha value is -1.65. The molecular formula is C15H21F3N4O2S. The molecule has 2 heterocycles. The standard InChI is InChI=1S/C15H21F3N4O2S/c1-3-21-12(23)11-9(2)10(8-20-6-5-19)25-13(11)22(14(21)24)7-4-15(16,17)18/h20H,3-8,19H2,1-2H3. The monoisotopic (exact) mass is 378 g/mol. The van der Waals surface area contributed by atoms with Gasteiger partial charge in [-0.25, -0.2) is 4.79 Å². The van der Waals surface area contributed by atoms with E-state index in [0.717, 1.165) is 14.0 Å². The highest BCUT2D eigenvalue weighted by Crippen LogP contribution is 2.29. The lowest BCUT2D eigenvalue weighted by molar-refractivity contribution is -0.136. The zero-order valence-electron chi connectivity index (χ0n) is 14.1. The van der Waals surface area contributed by atoms with Crippen LogP contribution in [0, 0.1) is 6.92 Å². The van der Waals surface area contributed by atoms with E-state index in [2.05, 4.69) is 5.32 Å². The number of aryl methyl sites for hydroxylation is 2. The molecule has 10 heteroatoms. The lowest BCUT2D eigenvalue weighted by Gasteiger charge is -2.12. The molecule has 6 nitrogen and oxygen atoms in total. The van der Waals surface area contributed by atoms with E-state index in [1.165, 1.54) is 11.3 Å². The fraction of sp³-hybridized carbons (Fsp3) is 0.600. The van der Waals surface area contributed by atoms with Gasteiger partial charge in [-0.15, -0.1) is 11.3 Å². The summed E-state index contributed by atoms with van der Waals surface area (Å²) in [4.78, 5) is 26.2. The number of nitrogens with zero attached hydrogens (tertiary/aromatic N) is 2. The minimum atomic E-state index is -4.38. The molecule has 0 amide bonds. The van der Waals surface area contributed by atoms with Crippen LogP contribution in [0.15, 0.2) is 9.59 Å². The highest BCUT2D eigenvalue weighted by molar-refractivity contribution is 7.18. The first-order valence-corrected chi connectivity index (χ1v) is 8.76. The van der Waals surface area contributed by atoms with E-state index in [-0.39, 0.29) is 6.54 Å². The summed E-state index contributed by atoms with van der Waals surface area (Å²) in [5, 5.41) is 3.42. The van der Waals surface area contributed by atoms with Gasteiger partial charge in [0, 0.05) is 37.6 Å². The second-order valence-electron chi connectivity index (χ2n) is 5.64. The van der Waals surface area contributed by atoms with Crippen LogP contribution in [0.3, 0.4) is 0 Å². The molecule has 2 aromatic heterocycles. The van der Waals surface area contributed by atoms with E-state index < -0.39 is 30.4 Å². The number of hydrogen-bond donors (Lipinski definition) is 2.